The molecule has 2 atom stereocenters. The molecule has 5 heteroatoms. The monoisotopic (exact) mass is 339 g/mol. The molecular formula is C19H18ClN3O. The van der Waals surface area contributed by atoms with Gasteiger partial charge in [-0.2, -0.15) is 0 Å². The Bertz CT molecular complexity index is 905. The quantitative estimate of drug-likeness (QED) is 0.561. The van der Waals surface area contributed by atoms with Gasteiger partial charge in [-0.1, -0.05) is 47.1 Å². The predicted molar refractivity (Wildman–Crippen MR) is 85.4 cm³/mol. The maximum absolute atomic E-state index is 6.09. The number of para-hydroxylation sites is 1. The number of rotatable bonds is 1. The average Bonchev–Trinajstić information content (AvgIpc) is 3.15. The van der Waals surface area contributed by atoms with E-state index in [0.717, 1.165) is 17.9 Å². The molecule has 122 valence electrons. The lowest BCUT2D eigenvalue weighted by Gasteiger charge is -2.23. The Kier molecular flexibility index (Phi) is 3.66. The van der Waals surface area contributed by atoms with E-state index in [9.17, 15) is 0 Å². The van der Waals surface area contributed by atoms with E-state index in [1.807, 2.05) is 4.68 Å². The lowest BCUT2D eigenvalue weighted by molar-refractivity contribution is -0.739. The molecule has 0 fully saturated rings. The van der Waals surface area contributed by atoms with Crippen LogP contribution in [0.1, 0.15) is 28.6 Å². The zero-order valence-electron chi connectivity index (χ0n) is 13.4. The summed E-state index contributed by atoms with van der Waals surface area (Å²) < 4.78 is 10.4. The van der Waals surface area contributed by atoms with Gasteiger partial charge in [-0.15, -0.1) is 0 Å². The molecule has 2 aliphatic rings. The number of aryl methyl sites for hydroxylation is 1. The molecule has 1 aromatic heterocycles. The van der Waals surface area contributed by atoms with Crippen molar-refractivity contribution in [1.29, 1.82) is 0 Å². The lowest BCUT2D eigenvalue weighted by Crippen LogP contribution is -3.00. The maximum Gasteiger partial charge on any atom is 0.304 e. The third-order valence-corrected chi connectivity index (χ3v) is 4.99. The van der Waals surface area contributed by atoms with Crippen molar-refractivity contribution in [2.24, 2.45) is 0 Å². The van der Waals surface area contributed by atoms with Crippen LogP contribution in [-0.2, 0) is 17.8 Å². The molecule has 0 saturated carbocycles. The Morgan fingerprint density at radius 2 is 1.92 bits per heavy atom. The normalized spacial score (nSPS) is 20.7. The highest BCUT2D eigenvalue weighted by atomic mass is 35.5. The first kappa shape index (κ1) is 15.4. The zero-order valence-corrected chi connectivity index (χ0v) is 14.1. The van der Waals surface area contributed by atoms with E-state index in [1.54, 1.807) is 0 Å². The second-order valence-electron chi connectivity index (χ2n) is 6.37. The van der Waals surface area contributed by atoms with Gasteiger partial charge in [-0.3, -0.25) is 0 Å². The van der Waals surface area contributed by atoms with E-state index in [0.29, 0.717) is 6.61 Å². The Morgan fingerprint density at radius 3 is 2.79 bits per heavy atom. The molecule has 1 aliphatic carbocycles. The molecule has 3 aromatic rings. The van der Waals surface area contributed by atoms with E-state index in [-0.39, 0.29) is 24.6 Å². The largest absolute Gasteiger partial charge is 1.00 e. The fourth-order valence-corrected chi connectivity index (χ4v) is 3.86. The van der Waals surface area contributed by atoms with Gasteiger partial charge in [0.15, 0.2) is 0 Å². The van der Waals surface area contributed by atoms with Crippen LogP contribution in [0.15, 0.2) is 54.9 Å². The Hall–Kier alpha value is -2.17. The molecule has 5 rings (SSSR count). The van der Waals surface area contributed by atoms with E-state index >= 15 is 0 Å². The SMILES string of the molecule is Cc1ccccc1-n1c[n+]2c(n1)CO[C@H]1Cc3ccccc3[C@H]12.[Cl-]. The fraction of sp³-hybridized carbons (Fsp3) is 0.263. The summed E-state index contributed by atoms with van der Waals surface area (Å²) >= 11 is 0. The minimum absolute atomic E-state index is 0. The summed E-state index contributed by atoms with van der Waals surface area (Å²) in [7, 11) is 0. The number of benzene rings is 2. The van der Waals surface area contributed by atoms with Gasteiger partial charge < -0.3 is 17.1 Å². The van der Waals surface area contributed by atoms with E-state index < -0.39 is 0 Å². The molecule has 0 spiro atoms. The van der Waals surface area contributed by atoms with Crippen LogP contribution in [0.2, 0.25) is 0 Å². The molecular weight excluding hydrogens is 322 g/mol. The zero-order chi connectivity index (χ0) is 15.4. The molecule has 4 nitrogen and oxygen atoms in total. The molecule has 1 aliphatic heterocycles. The number of ether oxygens (including phenoxy) is 1. The van der Waals surface area contributed by atoms with Crippen LogP contribution in [0.25, 0.3) is 5.69 Å². The number of hydrogen-bond donors (Lipinski definition) is 0. The minimum Gasteiger partial charge on any atom is -1.00 e. The Morgan fingerprint density at radius 1 is 1.12 bits per heavy atom. The van der Waals surface area contributed by atoms with E-state index in [4.69, 9.17) is 9.84 Å². The van der Waals surface area contributed by atoms with Crippen molar-refractivity contribution in [3.8, 4) is 5.69 Å². The fourth-order valence-electron chi connectivity index (χ4n) is 3.86. The molecule has 0 N–H and O–H groups in total. The van der Waals surface area contributed by atoms with Gasteiger partial charge in [0.05, 0.1) is 0 Å². The number of halogens is 1. The predicted octanol–water partition coefficient (Wildman–Crippen LogP) is -0.483. The Labute approximate surface area is 147 Å². The maximum atomic E-state index is 6.09. The van der Waals surface area contributed by atoms with Crippen LogP contribution in [0.5, 0.6) is 0 Å². The topological polar surface area (TPSA) is 30.9 Å². The van der Waals surface area contributed by atoms with Crippen molar-refractivity contribution in [3.63, 3.8) is 0 Å². The number of fused-ring (bicyclic) bond motifs is 5. The summed E-state index contributed by atoms with van der Waals surface area (Å²) in [6.45, 7) is 2.69. The van der Waals surface area contributed by atoms with Crippen LogP contribution in [-0.4, -0.2) is 15.9 Å². The van der Waals surface area contributed by atoms with Gasteiger partial charge in [0.2, 0.25) is 6.33 Å². The first-order valence-electron chi connectivity index (χ1n) is 8.06. The van der Waals surface area contributed by atoms with Crippen LogP contribution >= 0.6 is 0 Å². The van der Waals surface area contributed by atoms with Crippen molar-refractivity contribution in [3.05, 3.63) is 77.4 Å². The molecule has 2 heterocycles. The van der Waals surface area contributed by atoms with Gasteiger partial charge in [0.25, 0.3) is 0 Å². The van der Waals surface area contributed by atoms with Crippen LogP contribution < -0.4 is 17.0 Å². The second-order valence-corrected chi connectivity index (χ2v) is 6.37. The third kappa shape index (κ3) is 2.18. The summed E-state index contributed by atoms with van der Waals surface area (Å²) in [4.78, 5) is 0. The van der Waals surface area contributed by atoms with Crippen LogP contribution in [0, 0.1) is 6.92 Å². The molecule has 24 heavy (non-hydrogen) atoms. The molecule has 0 amide bonds. The lowest BCUT2D eigenvalue weighted by atomic mass is 10.1. The number of nitrogens with zero attached hydrogens (tertiary/aromatic N) is 3. The van der Waals surface area contributed by atoms with Crippen molar-refractivity contribution in [1.82, 2.24) is 9.78 Å². The summed E-state index contributed by atoms with van der Waals surface area (Å²) in [5.41, 5.74) is 5.11. The molecule has 0 unspecified atom stereocenters. The smallest absolute Gasteiger partial charge is 0.304 e. The average molecular weight is 340 g/mol. The highest BCUT2D eigenvalue weighted by Gasteiger charge is 2.43. The molecule has 0 saturated heterocycles. The third-order valence-electron chi connectivity index (χ3n) is 4.99. The summed E-state index contributed by atoms with van der Waals surface area (Å²) in [6, 6.07) is 17.2. The highest BCUT2D eigenvalue weighted by Crippen LogP contribution is 2.35. The molecule has 2 aromatic carbocycles. The van der Waals surface area contributed by atoms with Crippen LogP contribution in [0.4, 0.5) is 0 Å². The van der Waals surface area contributed by atoms with Gasteiger partial charge in [0, 0.05) is 11.5 Å². The minimum atomic E-state index is 0. The molecule has 0 bridgehead atoms. The summed E-state index contributed by atoms with van der Waals surface area (Å²) in [6.07, 6.45) is 3.34. The summed E-state index contributed by atoms with van der Waals surface area (Å²) in [5.74, 6) is 0.992. The van der Waals surface area contributed by atoms with Crippen LogP contribution in [0.3, 0.4) is 0 Å². The van der Waals surface area contributed by atoms with Crippen molar-refractivity contribution >= 4 is 0 Å². The number of hydrogen-bond acceptors (Lipinski definition) is 2. The van der Waals surface area contributed by atoms with E-state index in [1.165, 1.54) is 16.7 Å². The Balaban J connectivity index is 0.00000146. The van der Waals surface area contributed by atoms with Crippen molar-refractivity contribution < 1.29 is 21.7 Å². The van der Waals surface area contributed by atoms with Gasteiger partial charge in [0.1, 0.15) is 24.4 Å². The number of aromatic nitrogens is 3. The summed E-state index contributed by atoms with van der Waals surface area (Å²) in [5, 5.41) is 4.77. The van der Waals surface area contributed by atoms with Crippen molar-refractivity contribution in [2.75, 3.05) is 0 Å². The highest BCUT2D eigenvalue weighted by molar-refractivity contribution is 5.39. The first-order chi connectivity index (χ1) is 11.3. The first-order valence-corrected chi connectivity index (χ1v) is 8.06. The second kappa shape index (κ2) is 5.72. The van der Waals surface area contributed by atoms with Crippen molar-refractivity contribution in [2.45, 2.75) is 32.1 Å². The molecule has 0 radical (unpaired) electrons. The standard InChI is InChI=1S/C19H18N3O.ClH/c1-13-6-2-5-9-16(13)22-12-21-18(20-22)11-23-17-10-14-7-3-4-8-15(14)19(17)21;/h2-9,12,17,19H,10-11H2,1H3;1H/q+1;/p-1/t17-,19+;/m0./s1. The van der Waals surface area contributed by atoms with Gasteiger partial charge in [-0.25, -0.2) is 4.57 Å². The van der Waals surface area contributed by atoms with E-state index in [2.05, 4.69) is 66.3 Å². The van der Waals surface area contributed by atoms with Gasteiger partial charge in [-0.05, 0) is 29.7 Å². The van der Waals surface area contributed by atoms with Gasteiger partial charge >= 0.3 is 5.82 Å².